The molecule has 0 aromatic carbocycles. The molecule has 3 nitrogen and oxygen atoms in total. The molecule has 0 bridgehead atoms. The van der Waals surface area contributed by atoms with E-state index in [1.807, 2.05) is 20.8 Å². The number of carbonyl (C=O) groups excluding carboxylic acids is 1. The van der Waals surface area contributed by atoms with E-state index in [0.29, 0.717) is 6.42 Å². The van der Waals surface area contributed by atoms with Crippen LogP contribution in [-0.2, 0) is 9.53 Å². The molecule has 1 rings (SSSR count). The fourth-order valence-electron chi connectivity index (χ4n) is 2.19. The Bertz CT molecular complexity index is 200. The lowest BCUT2D eigenvalue weighted by Crippen LogP contribution is -2.24. The Morgan fingerprint density at radius 2 is 1.71 bits per heavy atom. The van der Waals surface area contributed by atoms with Crippen LogP contribution >= 0.6 is 0 Å². The van der Waals surface area contributed by atoms with E-state index in [4.69, 9.17) is 9.84 Å². The highest BCUT2D eigenvalue weighted by molar-refractivity contribution is 5.69. The van der Waals surface area contributed by atoms with E-state index >= 15 is 0 Å². The number of carbonyl (C=O) groups is 1. The van der Waals surface area contributed by atoms with Crippen LogP contribution in [0.1, 0.15) is 65.7 Å². The third kappa shape index (κ3) is 9.16. The van der Waals surface area contributed by atoms with Gasteiger partial charge in [-0.1, -0.05) is 32.1 Å². The van der Waals surface area contributed by atoms with Crippen LogP contribution in [0.3, 0.4) is 0 Å². The zero-order chi connectivity index (χ0) is 13.3. The van der Waals surface area contributed by atoms with Crippen molar-refractivity contribution in [1.29, 1.82) is 0 Å². The summed E-state index contributed by atoms with van der Waals surface area (Å²) < 4.78 is 5.29. The smallest absolute Gasteiger partial charge is 0.306 e. The molecule has 1 N–H and O–H groups in total. The van der Waals surface area contributed by atoms with Gasteiger partial charge in [0.15, 0.2) is 0 Å². The van der Waals surface area contributed by atoms with Crippen molar-refractivity contribution >= 4 is 5.97 Å². The van der Waals surface area contributed by atoms with Crippen molar-refractivity contribution in [3.8, 4) is 0 Å². The fourth-order valence-corrected chi connectivity index (χ4v) is 2.19. The average molecular weight is 244 g/mol. The van der Waals surface area contributed by atoms with Gasteiger partial charge in [0.05, 0.1) is 0 Å². The zero-order valence-electron chi connectivity index (χ0n) is 11.8. The Morgan fingerprint density at radius 3 is 2.18 bits per heavy atom. The molecular weight excluding hydrogens is 216 g/mol. The third-order valence-electron chi connectivity index (χ3n) is 2.90. The first-order valence-corrected chi connectivity index (χ1v) is 6.64. The van der Waals surface area contributed by atoms with E-state index in [1.165, 1.54) is 32.1 Å². The van der Waals surface area contributed by atoms with E-state index in [2.05, 4.69) is 0 Å². The van der Waals surface area contributed by atoms with Crippen molar-refractivity contribution in [2.75, 3.05) is 7.11 Å². The molecule has 1 aliphatic rings. The van der Waals surface area contributed by atoms with Crippen molar-refractivity contribution in [3.05, 3.63) is 0 Å². The molecule has 0 amide bonds. The molecule has 0 aromatic rings. The van der Waals surface area contributed by atoms with E-state index in [-0.39, 0.29) is 11.6 Å². The number of hydrogen-bond donors (Lipinski definition) is 1. The Kier molecular flexibility index (Phi) is 8.23. The second-order valence-corrected chi connectivity index (χ2v) is 5.63. The van der Waals surface area contributed by atoms with Gasteiger partial charge in [0.2, 0.25) is 0 Å². The Labute approximate surface area is 106 Å². The predicted molar refractivity (Wildman–Crippen MR) is 69.8 cm³/mol. The molecule has 3 heteroatoms. The normalized spacial score (nSPS) is 17.0. The third-order valence-corrected chi connectivity index (χ3v) is 2.90. The number of esters is 1. The second-order valence-electron chi connectivity index (χ2n) is 5.63. The first-order valence-electron chi connectivity index (χ1n) is 6.64. The molecule has 0 saturated heterocycles. The molecule has 1 saturated carbocycles. The molecule has 0 atom stereocenters. The molecule has 102 valence electrons. The minimum atomic E-state index is -0.330. The largest absolute Gasteiger partial charge is 0.460 e. The summed E-state index contributed by atoms with van der Waals surface area (Å²) in [4.78, 5) is 11.5. The Balaban J connectivity index is 0.00000121. The minimum absolute atomic E-state index is 0.0342. The van der Waals surface area contributed by atoms with Crippen LogP contribution in [0.15, 0.2) is 0 Å². The maximum atomic E-state index is 11.5. The lowest BCUT2D eigenvalue weighted by molar-refractivity contribution is -0.155. The van der Waals surface area contributed by atoms with E-state index in [9.17, 15) is 4.79 Å². The van der Waals surface area contributed by atoms with Crippen molar-refractivity contribution in [2.24, 2.45) is 5.92 Å². The molecule has 0 radical (unpaired) electrons. The highest BCUT2D eigenvalue weighted by Gasteiger charge is 2.19. The number of hydrogen-bond acceptors (Lipinski definition) is 3. The van der Waals surface area contributed by atoms with Crippen molar-refractivity contribution in [1.82, 2.24) is 0 Å². The van der Waals surface area contributed by atoms with Crippen LogP contribution in [0, 0.1) is 5.92 Å². The average Bonchev–Trinajstić information content (AvgIpc) is 2.28. The summed E-state index contributed by atoms with van der Waals surface area (Å²) in [6.07, 6.45) is 8.31. The topological polar surface area (TPSA) is 46.5 Å². The maximum Gasteiger partial charge on any atom is 0.306 e. The van der Waals surface area contributed by atoms with Gasteiger partial charge < -0.3 is 9.84 Å². The number of aliphatic hydroxyl groups is 1. The lowest BCUT2D eigenvalue weighted by Gasteiger charge is -2.23. The van der Waals surface area contributed by atoms with Crippen molar-refractivity contribution in [2.45, 2.75) is 71.3 Å². The van der Waals surface area contributed by atoms with Crippen LogP contribution in [0.25, 0.3) is 0 Å². The highest BCUT2D eigenvalue weighted by atomic mass is 16.6. The molecule has 1 aliphatic carbocycles. The molecule has 17 heavy (non-hydrogen) atoms. The lowest BCUT2D eigenvalue weighted by atomic mass is 9.86. The second kappa shape index (κ2) is 8.51. The van der Waals surface area contributed by atoms with E-state index < -0.39 is 0 Å². The van der Waals surface area contributed by atoms with Gasteiger partial charge in [-0.25, -0.2) is 0 Å². The van der Waals surface area contributed by atoms with Gasteiger partial charge in [0, 0.05) is 13.5 Å². The summed E-state index contributed by atoms with van der Waals surface area (Å²) in [5, 5.41) is 7.00. The predicted octanol–water partition coefficient (Wildman–Crippen LogP) is 3.30. The van der Waals surface area contributed by atoms with Gasteiger partial charge in [-0.3, -0.25) is 4.79 Å². The summed E-state index contributed by atoms with van der Waals surface area (Å²) in [5.41, 5.74) is -0.330. The van der Waals surface area contributed by atoms with Gasteiger partial charge in [0.1, 0.15) is 5.60 Å². The van der Waals surface area contributed by atoms with Crippen molar-refractivity contribution < 1.29 is 14.6 Å². The highest BCUT2D eigenvalue weighted by Crippen LogP contribution is 2.27. The summed E-state index contributed by atoms with van der Waals surface area (Å²) in [6.45, 7) is 5.77. The number of aliphatic hydroxyl groups excluding tert-OH is 1. The number of ether oxygens (including phenoxy) is 1. The maximum absolute atomic E-state index is 11.5. The van der Waals surface area contributed by atoms with Crippen LogP contribution in [0.5, 0.6) is 0 Å². The van der Waals surface area contributed by atoms with Gasteiger partial charge in [0.25, 0.3) is 0 Å². The van der Waals surface area contributed by atoms with E-state index in [0.717, 1.165) is 19.4 Å². The van der Waals surface area contributed by atoms with Gasteiger partial charge >= 0.3 is 5.97 Å². The SMILES string of the molecule is CC(C)(C)OC(=O)CCC1CCCCC1.CO. The molecular formula is C14H28O3. The molecule has 0 unspecified atom stereocenters. The van der Waals surface area contributed by atoms with Gasteiger partial charge in [-0.15, -0.1) is 0 Å². The Hall–Kier alpha value is -0.570. The molecule has 0 aliphatic heterocycles. The molecule has 1 fully saturated rings. The van der Waals surface area contributed by atoms with Crippen molar-refractivity contribution in [3.63, 3.8) is 0 Å². The van der Waals surface area contributed by atoms with Gasteiger partial charge in [-0.05, 0) is 33.1 Å². The van der Waals surface area contributed by atoms with Crippen LogP contribution in [-0.4, -0.2) is 23.8 Å². The summed E-state index contributed by atoms with van der Waals surface area (Å²) in [6, 6.07) is 0. The quantitative estimate of drug-likeness (QED) is 0.775. The zero-order valence-corrected chi connectivity index (χ0v) is 11.8. The summed E-state index contributed by atoms with van der Waals surface area (Å²) >= 11 is 0. The monoisotopic (exact) mass is 244 g/mol. The van der Waals surface area contributed by atoms with Gasteiger partial charge in [-0.2, -0.15) is 0 Å². The fraction of sp³-hybridized carbons (Fsp3) is 0.929. The van der Waals surface area contributed by atoms with Crippen LogP contribution in [0.2, 0.25) is 0 Å². The molecule has 0 aromatic heterocycles. The Morgan fingerprint density at radius 1 is 1.18 bits per heavy atom. The molecule has 0 heterocycles. The first kappa shape index (κ1) is 16.4. The number of rotatable bonds is 3. The summed E-state index contributed by atoms with van der Waals surface area (Å²) in [7, 11) is 1.00. The minimum Gasteiger partial charge on any atom is -0.460 e. The first-order chi connectivity index (χ1) is 7.97. The van der Waals surface area contributed by atoms with Crippen LogP contribution < -0.4 is 0 Å². The van der Waals surface area contributed by atoms with Crippen LogP contribution in [0.4, 0.5) is 0 Å². The van der Waals surface area contributed by atoms with E-state index in [1.54, 1.807) is 0 Å². The molecule has 0 spiro atoms. The standard InChI is InChI=1S/C13H24O2.CH4O/c1-13(2,3)15-12(14)10-9-11-7-5-4-6-8-11;1-2/h11H,4-10H2,1-3H3;2H,1H3. The summed E-state index contributed by atoms with van der Waals surface area (Å²) in [5.74, 6) is 0.736.